The number of amides is 1. The first-order valence-electron chi connectivity index (χ1n) is 9.15. The molecule has 28 heavy (non-hydrogen) atoms. The Hall–Kier alpha value is -3.54. The first kappa shape index (κ1) is 17.9. The summed E-state index contributed by atoms with van der Waals surface area (Å²) in [6.07, 6.45) is 5.50. The van der Waals surface area contributed by atoms with Gasteiger partial charge in [0, 0.05) is 31.0 Å². The van der Waals surface area contributed by atoms with Gasteiger partial charge in [-0.15, -0.1) is 0 Å². The number of fused-ring (bicyclic) bond motifs is 1. The van der Waals surface area contributed by atoms with Gasteiger partial charge >= 0.3 is 0 Å². The lowest BCUT2D eigenvalue weighted by atomic mass is 10.1. The molecule has 6 heteroatoms. The first-order valence-corrected chi connectivity index (χ1v) is 9.15. The molecule has 2 aromatic heterocycles. The van der Waals surface area contributed by atoms with Crippen LogP contribution in [0.1, 0.15) is 32.9 Å². The van der Waals surface area contributed by atoms with Crippen molar-refractivity contribution < 1.29 is 4.79 Å². The summed E-state index contributed by atoms with van der Waals surface area (Å²) in [5, 5.41) is 2.97. The molecule has 0 atom stereocenters. The van der Waals surface area contributed by atoms with Gasteiger partial charge in [-0.25, -0.2) is 15.0 Å². The lowest BCUT2D eigenvalue weighted by Crippen LogP contribution is -2.22. The van der Waals surface area contributed by atoms with Crippen molar-refractivity contribution in [2.24, 2.45) is 0 Å². The first-order chi connectivity index (χ1) is 13.6. The van der Waals surface area contributed by atoms with E-state index in [9.17, 15) is 4.79 Å². The smallest absolute Gasteiger partial charge is 0.251 e. The Labute approximate surface area is 163 Å². The Kier molecular flexibility index (Phi) is 4.85. The minimum atomic E-state index is -0.121. The minimum absolute atomic E-state index is 0.121. The lowest BCUT2D eigenvalue weighted by molar-refractivity contribution is 0.0951. The molecular weight excluding hydrogens is 350 g/mol. The summed E-state index contributed by atoms with van der Waals surface area (Å²) in [4.78, 5) is 25.6. The summed E-state index contributed by atoms with van der Waals surface area (Å²) in [6, 6.07) is 13.6. The zero-order valence-corrected chi connectivity index (χ0v) is 15.9. The molecule has 6 nitrogen and oxygen atoms in total. The average Bonchev–Trinajstić information content (AvgIpc) is 3.21. The van der Waals surface area contributed by atoms with E-state index in [2.05, 4.69) is 32.4 Å². The third-order valence-electron chi connectivity index (χ3n) is 4.74. The molecule has 0 unspecified atom stereocenters. The number of benzene rings is 2. The highest BCUT2D eigenvalue weighted by atomic mass is 16.1. The van der Waals surface area contributed by atoms with Gasteiger partial charge in [0.2, 0.25) is 0 Å². The summed E-state index contributed by atoms with van der Waals surface area (Å²) in [7, 11) is 0. The highest BCUT2D eigenvalue weighted by Gasteiger charge is 2.09. The van der Waals surface area contributed by atoms with E-state index in [-0.39, 0.29) is 5.91 Å². The third kappa shape index (κ3) is 3.91. The fourth-order valence-electron chi connectivity index (χ4n) is 3.01. The van der Waals surface area contributed by atoms with Crippen molar-refractivity contribution in [2.75, 3.05) is 0 Å². The van der Waals surface area contributed by atoms with Gasteiger partial charge in [0.1, 0.15) is 0 Å². The van der Waals surface area contributed by atoms with Crippen LogP contribution in [0.2, 0.25) is 0 Å². The van der Waals surface area contributed by atoms with Crippen LogP contribution >= 0.6 is 0 Å². The fourth-order valence-corrected chi connectivity index (χ4v) is 3.01. The number of imidazole rings is 1. The second-order valence-corrected chi connectivity index (χ2v) is 6.83. The third-order valence-corrected chi connectivity index (χ3v) is 4.74. The molecule has 0 aliphatic rings. The van der Waals surface area contributed by atoms with E-state index in [1.807, 2.05) is 42.8 Å². The van der Waals surface area contributed by atoms with Gasteiger partial charge in [-0.3, -0.25) is 4.79 Å². The zero-order chi connectivity index (χ0) is 19.5. The Bertz CT molecular complexity index is 1120. The molecule has 0 fully saturated rings. The summed E-state index contributed by atoms with van der Waals surface area (Å²) >= 11 is 0. The molecule has 140 valence electrons. The number of carbonyl (C=O) groups is 1. The standard InChI is InChI=1S/C22H21N5O/c1-15-16(2)26-21-11-19(7-8-20(21)25-15)22(28)24-12-17-3-5-18(6-4-17)13-27-10-9-23-14-27/h3-11,14H,12-13H2,1-2H3,(H,24,28). The molecule has 0 saturated heterocycles. The van der Waals surface area contributed by atoms with Crippen LogP contribution < -0.4 is 5.32 Å². The number of nitrogens with zero attached hydrogens (tertiary/aromatic N) is 4. The Morgan fingerprint density at radius 1 is 0.964 bits per heavy atom. The minimum Gasteiger partial charge on any atom is -0.348 e. The van der Waals surface area contributed by atoms with Crippen molar-refractivity contribution in [2.45, 2.75) is 26.9 Å². The van der Waals surface area contributed by atoms with Crippen molar-refractivity contribution >= 4 is 16.9 Å². The number of hydrogen-bond donors (Lipinski definition) is 1. The van der Waals surface area contributed by atoms with Crippen LogP contribution in [0.15, 0.2) is 61.2 Å². The summed E-state index contributed by atoms with van der Waals surface area (Å²) in [5.41, 5.74) is 6.14. The van der Waals surface area contributed by atoms with Crippen LogP contribution in [0.4, 0.5) is 0 Å². The topological polar surface area (TPSA) is 72.7 Å². The van der Waals surface area contributed by atoms with Crippen molar-refractivity contribution in [3.8, 4) is 0 Å². The Morgan fingerprint density at radius 2 is 1.68 bits per heavy atom. The molecule has 2 aromatic carbocycles. The van der Waals surface area contributed by atoms with Gasteiger partial charge in [0.15, 0.2) is 0 Å². The highest BCUT2D eigenvalue weighted by Crippen LogP contribution is 2.15. The molecule has 0 radical (unpaired) electrons. The van der Waals surface area contributed by atoms with Crippen LogP contribution in [0, 0.1) is 13.8 Å². The molecule has 0 aliphatic heterocycles. The van der Waals surface area contributed by atoms with E-state index in [0.29, 0.717) is 12.1 Å². The maximum Gasteiger partial charge on any atom is 0.251 e. The van der Waals surface area contributed by atoms with Crippen molar-refractivity contribution in [1.29, 1.82) is 0 Å². The predicted molar refractivity (Wildman–Crippen MR) is 108 cm³/mol. The number of nitrogens with one attached hydrogen (secondary N) is 1. The largest absolute Gasteiger partial charge is 0.348 e. The van der Waals surface area contributed by atoms with E-state index in [1.54, 1.807) is 24.7 Å². The monoisotopic (exact) mass is 371 g/mol. The van der Waals surface area contributed by atoms with E-state index in [4.69, 9.17) is 0 Å². The zero-order valence-electron chi connectivity index (χ0n) is 15.9. The Morgan fingerprint density at radius 3 is 2.39 bits per heavy atom. The SMILES string of the molecule is Cc1nc2ccc(C(=O)NCc3ccc(Cn4ccnc4)cc3)cc2nc1C. The maximum absolute atomic E-state index is 12.5. The molecule has 0 aliphatic carbocycles. The molecule has 1 N–H and O–H groups in total. The van der Waals surface area contributed by atoms with Gasteiger partial charge < -0.3 is 9.88 Å². The molecule has 4 rings (SSSR count). The molecular formula is C22H21N5O. The quantitative estimate of drug-likeness (QED) is 0.583. The normalized spacial score (nSPS) is 10.9. The molecule has 0 saturated carbocycles. The van der Waals surface area contributed by atoms with Crippen LogP contribution in [0.25, 0.3) is 11.0 Å². The fraction of sp³-hybridized carbons (Fsp3) is 0.182. The van der Waals surface area contributed by atoms with E-state index < -0.39 is 0 Å². The highest BCUT2D eigenvalue weighted by molar-refractivity contribution is 5.97. The number of rotatable bonds is 5. The van der Waals surface area contributed by atoms with Gasteiger partial charge in [-0.1, -0.05) is 24.3 Å². The van der Waals surface area contributed by atoms with Gasteiger partial charge in [-0.2, -0.15) is 0 Å². The average molecular weight is 371 g/mol. The second kappa shape index (κ2) is 7.60. The lowest BCUT2D eigenvalue weighted by Gasteiger charge is -2.08. The summed E-state index contributed by atoms with van der Waals surface area (Å²) in [5.74, 6) is -0.121. The van der Waals surface area contributed by atoms with Crippen LogP contribution in [-0.4, -0.2) is 25.4 Å². The number of hydrogen-bond acceptors (Lipinski definition) is 4. The Balaban J connectivity index is 1.41. The second-order valence-electron chi connectivity index (χ2n) is 6.83. The van der Waals surface area contributed by atoms with E-state index in [1.165, 1.54) is 5.56 Å². The molecule has 4 aromatic rings. The maximum atomic E-state index is 12.5. The van der Waals surface area contributed by atoms with Crippen LogP contribution in [0.3, 0.4) is 0 Å². The van der Waals surface area contributed by atoms with Gasteiger partial charge in [0.25, 0.3) is 5.91 Å². The van der Waals surface area contributed by atoms with Crippen molar-refractivity contribution in [1.82, 2.24) is 24.8 Å². The van der Waals surface area contributed by atoms with Crippen molar-refractivity contribution in [3.05, 3.63) is 89.3 Å². The number of aryl methyl sites for hydroxylation is 2. The summed E-state index contributed by atoms with van der Waals surface area (Å²) < 4.78 is 2.02. The molecule has 0 bridgehead atoms. The number of aromatic nitrogens is 4. The van der Waals surface area contributed by atoms with E-state index >= 15 is 0 Å². The number of carbonyl (C=O) groups excluding carboxylic acids is 1. The predicted octanol–water partition coefficient (Wildman–Crippen LogP) is 3.42. The van der Waals surface area contributed by atoms with E-state index in [0.717, 1.165) is 34.5 Å². The van der Waals surface area contributed by atoms with Gasteiger partial charge in [-0.05, 0) is 43.2 Å². The van der Waals surface area contributed by atoms with Gasteiger partial charge in [0.05, 0.1) is 28.7 Å². The van der Waals surface area contributed by atoms with Crippen molar-refractivity contribution in [3.63, 3.8) is 0 Å². The van der Waals surface area contributed by atoms with Crippen LogP contribution in [-0.2, 0) is 13.1 Å². The molecule has 0 spiro atoms. The van der Waals surface area contributed by atoms with Crippen LogP contribution in [0.5, 0.6) is 0 Å². The summed E-state index contributed by atoms with van der Waals surface area (Å²) in [6.45, 7) is 5.11. The molecule has 1 amide bonds. The molecule has 2 heterocycles.